The van der Waals surface area contributed by atoms with E-state index in [-0.39, 0.29) is 5.91 Å². The normalized spacial score (nSPS) is 12.2. The predicted molar refractivity (Wildman–Crippen MR) is 53.7 cm³/mol. The first-order valence-electron chi connectivity index (χ1n) is 4.46. The highest BCUT2D eigenvalue weighted by Crippen LogP contribution is 2.08. The Bertz CT molecular complexity index is 307. The van der Waals surface area contributed by atoms with Gasteiger partial charge in [0.1, 0.15) is 0 Å². The lowest BCUT2D eigenvalue weighted by Crippen LogP contribution is -2.06. The Labute approximate surface area is 78.9 Å². The molecule has 0 atom stereocenters. The molecular formula is C11H15NO. The fourth-order valence-corrected chi connectivity index (χ4v) is 0.917. The number of carbonyl (C=O) groups is 1. The van der Waals surface area contributed by atoms with Gasteiger partial charge in [0, 0.05) is 18.5 Å². The number of rotatable bonds is 2. The first-order valence-corrected chi connectivity index (χ1v) is 4.46. The van der Waals surface area contributed by atoms with Gasteiger partial charge in [0.05, 0.1) is 0 Å². The molecule has 1 aromatic heterocycles. The van der Waals surface area contributed by atoms with Crippen LogP contribution in [-0.4, -0.2) is 10.5 Å². The maximum atomic E-state index is 11.5. The zero-order valence-corrected chi connectivity index (χ0v) is 8.32. The molecule has 0 aromatic carbocycles. The highest BCUT2D eigenvalue weighted by Gasteiger charge is 2.02. The summed E-state index contributed by atoms with van der Waals surface area (Å²) in [5.74, 6) is 0.454. The van der Waals surface area contributed by atoms with E-state index in [1.807, 2.05) is 19.1 Å². The molecule has 13 heavy (non-hydrogen) atoms. The molecule has 0 aliphatic heterocycles. The second-order valence-corrected chi connectivity index (χ2v) is 3.47. The van der Waals surface area contributed by atoms with E-state index in [1.54, 1.807) is 23.0 Å². The third-order valence-electron chi connectivity index (χ3n) is 2.12. The summed E-state index contributed by atoms with van der Waals surface area (Å²) in [6.07, 6.45) is 5.20. The Morgan fingerprint density at radius 1 is 1.31 bits per heavy atom. The summed E-state index contributed by atoms with van der Waals surface area (Å²) in [7, 11) is 0. The molecule has 0 aliphatic carbocycles. The summed E-state index contributed by atoms with van der Waals surface area (Å²) < 4.78 is 1.58. The number of aromatic nitrogens is 1. The molecule has 0 bridgehead atoms. The van der Waals surface area contributed by atoms with Gasteiger partial charge in [0.2, 0.25) is 0 Å². The van der Waals surface area contributed by atoms with Gasteiger partial charge < -0.3 is 0 Å². The summed E-state index contributed by atoms with van der Waals surface area (Å²) in [6.45, 7) is 6.13. The molecular weight excluding hydrogens is 162 g/mol. The van der Waals surface area contributed by atoms with E-state index in [0.717, 1.165) is 5.57 Å². The van der Waals surface area contributed by atoms with Crippen molar-refractivity contribution in [2.24, 2.45) is 5.92 Å². The van der Waals surface area contributed by atoms with Crippen LogP contribution in [0, 0.1) is 5.92 Å². The van der Waals surface area contributed by atoms with Crippen molar-refractivity contribution in [3.8, 4) is 0 Å². The first kappa shape index (κ1) is 9.78. The number of nitrogens with zero attached hydrogens (tertiary/aromatic N) is 1. The SMILES string of the molecule is C/C(=C\C(=O)n1cccc1)C(C)C. The molecule has 0 amide bonds. The van der Waals surface area contributed by atoms with E-state index in [4.69, 9.17) is 0 Å². The van der Waals surface area contributed by atoms with Crippen molar-refractivity contribution in [3.05, 3.63) is 36.2 Å². The van der Waals surface area contributed by atoms with Crippen LogP contribution in [0.5, 0.6) is 0 Å². The Morgan fingerprint density at radius 3 is 2.31 bits per heavy atom. The van der Waals surface area contributed by atoms with Crippen molar-refractivity contribution >= 4 is 5.91 Å². The average Bonchev–Trinajstić information content (AvgIpc) is 2.55. The standard InChI is InChI=1S/C11H15NO/c1-9(2)10(3)8-11(13)12-6-4-5-7-12/h4-9H,1-3H3/b10-8+. The van der Waals surface area contributed by atoms with Crippen molar-refractivity contribution in [3.63, 3.8) is 0 Å². The van der Waals surface area contributed by atoms with E-state index in [1.165, 1.54) is 0 Å². The Kier molecular flexibility index (Phi) is 3.07. The lowest BCUT2D eigenvalue weighted by atomic mass is 10.1. The van der Waals surface area contributed by atoms with Crippen LogP contribution in [0.2, 0.25) is 0 Å². The number of hydrogen-bond donors (Lipinski definition) is 0. The van der Waals surface area contributed by atoms with Crippen LogP contribution in [0.25, 0.3) is 0 Å². The van der Waals surface area contributed by atoms with Crippen molar-refractivity contribution in [2.75, 3.05) is 0 Å². The highest BCUT2D eigenvalue weighted by molar-refractivity contribution is 5.90. The monoisotopic (exact) mass is 177 g/mol. The molecule has 0 fully saturated rings. The maximum absolute atomic E-state index is 11.5. The topological polar surface area (TPSA) is 22.0 Å². The van der Waals surface area contributed by atoms with Crippen molar-refractivity contribution in [2.45, 2.75) is 20.8 Å². The van der Waals surface area contributed by atoms with Crippen LogP contribution in [-0.2, 0) is 0 Å². The van der Waals surface area contributed by atoms with Crippen molar-refractivity contribution in [1.29, 1.82) is 0 Å². The van der Waals surface area contributed by atoms with E-state index >= 15 is 0 Å². The summed E-state index contributed by atoms with van der Waals surface area (Å²) in [5.41, 5.74) is 1.11. The van der Waals surface area contributed by atoms with Gasteiger partial charge in [-0.15, -0.1) is 0 Å². The van der Waals surface area contributed by atoms with Crippen LogP contribution in [0.15, 0.2) is 36.2 Å². The fraction of sp³-hybridized carbons (Fsp3) is 0.364. The molecule has 70 valence electrons. The van der Waals surface area contributed by atoms with Gasteiger partial charge in [-0.05, 0) is 25.0 Å². The minimum Gasteiger partial charge on any atom is -0.291 e. The van der Waals surface area contributed by atoms with Gasteiger partial charge in [-0.3, -0.25) is 9.36 Å². The fourth-order valence-electron chi connectivity index (χ4n) is 0.917. The molecule has 0 aliphatic rings. The van der Waals surface area contributed by atoms with E-state index < -0.39 is 0 Å². The van der Waals surface area contributed by atoms with E-state index in [0.29, 0.717) is 5.92 Å². The zero-order valence-electron chi connectivity index (χ0n) is 8.32. The van der Waals surface area contributed by atoms with Crippen LogP contribution in [0.4, 0.5) is 0 Å². The number of allylic oxidation sites excluding steroid dienone is 2. The van der Waals surface area contributed by atoms with Gasteiger partial charge in [-0.25, -0.2) is 0 Å². The predicted octanol–water partition coefficient (Wildman–Crippen LogP) is 2.73. The Hall–Kier alpha value is -1.31. The van der Waals surface area contributed by atoms with Crippen molar-refractivity contribution < 1.29 is 4.79 Å². The largest absolute Gasteiger partial charge is 0.291 e. The van der Waals surface area contributed by atoms with Crippen LogP contribution < -0.4 is 0 Å². The van der Waals surface area contributed by atoms with Gasteiger partial charge >= 0.3 is 0 Å². The molecule has 1 rings (SSSR count). The zero-order chi connectivity index (χ0) is 9.84. The van der Waals surface area contributed by atoms with Gasteiger partial charge in [0.25, 0.3) is 5.91 Å². The Morgan fingerprint density at radius 2 is 1.85 bits per heavy atom. The first-order chi connectivity index (χ1) is 6.11. The molecule has 0 saturated heterocycles. The summed E-state index contributed by atoms with van der Waals surface area (Å²) in [5, 5.41) is 0. The smallest absolute Gasteiger partial charge is 0.254 e. The minimum absolute atomic E-state index is 0.0243. The molecule has 0 unspecified atom stereocenters. The van der Waals surface area contributed by atoms with Gasteiger partial charge in [-0.1, -0.05) is 19.4 Å². The average molecular weight is 177 g/mol. The summed E-state index contributed by atoms with van der Waals surface area (Å²) in [6, 6.07) is 3.69. The molecule has 1 heterocycles. The molecule has 2 heteroatoms. The number of hydrogen-bond acceptors (Lipinski definition) is 1. The van der Waals surface area contributed by atoms with Crippen LogP contribution in [0.3, 0.4) is 0 Å². The molecule has 0 saturated carbocycles. The van der Waals surface area contributed by atoms with Crippen molar-refractivity contribution in [1.82, 2.24) is 4.57 Å². The molecule has 0 N–H and O–H groups in total. The maximum Gasteiger partial charge on any atom is 0.254 e. The van der Waals surface area contributed by atoms with Gasteiger partial charge in [0.15, 0.2) is 0 Å². The van der Waals surface area contributed by atoms with Crippen LogP contribution in [0.1, 0.15) is 25.6 Å². The molecule has 2 nitrogen and oxygen atoms in total. The molecule has 0 spiro atoms. The van der Waals surface area contributed by atoms with E-state index in [2.05, 4.69) is 13.8 Å². The van der Waals surface area contributed by atoms with E-state index in [9.17, 15) is 4.79 Å². The quantitative estimate of drug-likeness (QED) is 0.637. The molecule has 1 aromatic rings. The lowest BCUT2D eigenvalue weighted by molar-refractivity contribution is 0.0968. The number of carbonyl (C=O) groups excluding carboxylic acids is 1. The third-order valence-corrected chi connectivity index (χ3v) is 2.12. The molecule has 0 radical (unpaired) electrons. The lowest BCUT2D eigenvalue weighted by Gasteiger charge is -2.04. The summed E-state index contributed by atoms with van der Waals surface area (Å²) in [4.78, 5) is 11.5. The minimum atomic E-state index is 0.0243. The second kappa shape index (κ2) is 4.08. The van der Waals surface area contributed by atoms with Crippen LogP contribution >= 0.6 is 0 Å². The second-order valence-electron chi connectivity index (χ2n) is 3.47. The Balaban J connectivity index is 2.76. The third kappa shape index (κ3) is 2.58. The van der Waals surface area contributed by atoms with Gasteiger partial charge in [-0.2, -0.15) is 0 Å². The highest BCUT2D eigenvalue weighted by atomic mass is 16.1. The summed E-state index contributed by atoms with van der Waals surface area (Å²) >= 11 is 0.